The number of nitrogens with one attached hydrogen (secondary N) is 1. The molecule has 0 saturated heterocycles. The molecule has 0 saturated carbocycles. The van der Waals surface area contributed by atoms with E-state index in [1.165, 1.54) is 6.92 Å². The van der Waals surface area contributed by atoms with Gasteiger partial charge in [0.2, 0.25) is 11.8 Å². The summed E-state index contributed by atoms with van der Waals surface area (Å²) in [6, 6.07) is 5.67. The zero-order valence-corrected chi connectivity index (χ0v) is 13.8. The molecule has 0 bridgehead atoms. The number of nitrogens with zero attached hydrogens (tertiary/aromatic N) is 1. The van der Waals surface area contributed by atoms with E-state index in [0.29, 0.717) is 6.54 Å². The SMILES string of the molecule is CCCCN(CC(=O)Nc1ccc(Br)cc1C)C(C)=O. The minimum absolute atomic E-state index is 0.0684. The lowest BCUT2D eigenvalue weighted by Gasteiger charge is -2.20. The normalized spacial score (nSPS) is 10.2. The van der Waals surface area contributed by atoms with Crippen LogP contribution in [0.5, 0.6) is 0 Å². The number of carbonyl (C=O) groups is 2. The summed E-state index contributed by atoms with van der Waals surface area (Å²) in [5, 5.41) is 2.85. The number of halogens is 1. The number of amides is 2. The van der Waals surface area contributed by atoms with Crippen LogP contribution in [0, 0.1) is 6.92 Å². The molecule has 0 aliphatic heterocycles. The molecule has 20 heavy (non-hydrogen) atoms. The van der Waals surface area contributed by atoms with Gasteiger partial charge in [-0.3, -0.25) is 9.59 Å². The molecular weight excluding hydrogens is 320 g/mol. The van der Waals surface area contributed by atoms with Gasteiger partial charge in [0.25, 0.3) is 0 Å². The van der Waals surface area contributed by atoms with E-state index < -0.39 is 0 Å². The van der Waals surface area contributed by atoms with Gasteiger partial charge in [-0.05, 0) is 37.1 Å². The molecule has 110 valence electrons. The molecule has 0 fully saturated rings. The quantitative estimate of drug-likeness (QED) is 0.863. The largest absolute Gasteiger partial charge is 0.334 e. The van der Waals surface area contributed by atoms with Crippen LogP contribution in [-0.2, 0) is 9.59 Å². The number of aryl methyl sites for hydroxylation is 1. The molecule has 1 aromatic carbocycles. The Bertz CT molecular complexity index is 489. The maximum absolute atomic E-state index is 12.0. The lowest BCUT2D eigenvalue weighted by Crippen LogP contribution is -2.37. The zero-order chi connectivity index (χ0) is 15.1. The van der Waals surface area contributed by atoms with Gasteiger partial charge in [0.15, 0.2) is 0 Å². The summed E-state index contributed by atoms with van der Waals surface area (Å²) in [5.74, 6) is -0.233. The molecule has 0 atom stereocenters. The first-order valence-corrected chi connectivity index (χ1v) is 7.54. The van der Waals surface area contributed by atoms with Gasteiger partial charge >= 0.3 is 0 Å². The number of rotatable bonds is 6. The van der Waals surface area contributed by atoms with Gasteiger partial charge in [-0.25, -0.2) is 0 Å². The lowest BCUT2D eigenvalue weighted by atomic mass is 10.2. The van der Waals surface area contributed by atoms with Crippen molar-refractivity contribution in [1.29, 1.82) is 0 Å². The molecule has 1 N–H and O–H groups in total. The van der Waals surface area contributed by atoms with Gasteiger partial charge in [-0.2, -0.15) is 0 Å². The van der Waals surface area contributed by atoms with E-state index in [9.17, 15) is 9.59 Å². The summed E-state index contributed by atoms with van der Waals surface area (Å²) in [7, 11) is 0. The third-order valence-electron chi connectivity index (χ3n) is 3.02. The van der Waals surface area contributed by atoms with Crippen LogP contribution in [0.3, 0.4) is 0 Å². The Kier molecular flexibility index (Phi) is 6.71. The minimum atomic E-state index is -0.165. The van der Waals surface area contributed by atoms with Gasteiger partial charge in [0, 0.05) is 23.6 Å². The third kappa shape index (κ3) is 5.33. The molecular formula is C15H21BrN2O2. The first-order chi connectivity index (χ1) is 9.43. The standard InChI is InChI=1S/C15H21BrN2O2/c1-4-5-8-18(12(3)19)10-15(20)17-14-7-6-13(16)9-11(14)2/h6-7,9H,4-5,8,10H2,1-3H3,(H,17,20). The van der Waals surface area contributed by atoms with Gasteiger partial charge in [0.1, 0.15) is 0 Å². The van der Waals surface area contributed by atoms with E-state index in [4.69, 9.17) is 0 Å². The summed E-state index contributed by atoms with van der Waals surface area (Å²) >= 11 is 3.38. The first kappa shape index (κ1) is 16.7. The van der Waals surface area contributed by atoms with E-state index in [1.807, 2.05) is 25.1 Å². The maximum atomic E-state index is 12.0. The fraction of sp³-hybridized carbons (Fsp3) is 0.467. The van der Waals surface area contributed by atoms with Crippen LogP contribution in [0.1, 0.15) is 32.3 Å². The van der Waals surface area contributed by atoms with Crippen molar-refractivity contribution in [3.63, 3.8) is 0 Å². The molecule has 1 rings (SSSR count). The highest BCUT2D eigenvalue weighted by molar-refractivity contribution is 9.10. The summed E-state index contributed by atoms with van der Waals surface area (Å²) in [6.07, 6.45) is 1.90. The third-order valence-corrected chi connectivity index (χ3v) is 3.52. The van der Waals surface area contributed by atoms with E-state index in [1.54, 1.807) is 4.90 Å². The zero-order valence-electron chi connectivity index (χ0n) is 12.2. The Balaban J connectivity index is 2.63. The summed E-state index contributed by atoms with van der Waals surface area (Å²) in [6.45, 7) is 6.21. The summed E-state index contributed by atoms with van der Waals surface area (Å²) < 4.78 is 0.973. The van der Waals surface area contributed by atoms with Gasteiger partial charge in [0.05, 0.1) is 6.54 Å². The predicted molar refractivity (Wildman–Crippen MR) is 84.7 cm³/mol. The first-order valence-electron chi connectivity index (χ1n) is 6.75. The highest BCUT2D eigenvalue weighted by Gasteiger charge is 2.13. The van der Waals surface area contributed by atoms with Crippen molar-refractivity contribution in [2.45, 2.75) is 33.6 Å². The van der Waals surface area contributed by atoms with Crippen LogP contribution >= 0.6 is 15.9 Å². The van der Waals surface area contributed by atoms with Crippen LogP contribution in [0.25, 0.3) is 0 Å². The number of benzene rings is 1. The molecule has 0 aromatic heterocycles. The molecule has 5 heteroatoms. The average Bonchev–Trinajstić information content (AvgIpc) is 2.37. The van der Waals surface area contributed by atoms with Crippen molar-refractivity contribution in [3.8, 4) is 0 Å². The Labute approximate surface area is 128 Å². The smallest absolute Gasteiger partial charge is 0.244 e. The fourth-order valence-corrected chi connectivity index (χ4v) is 2.30. The highest BCUT2D eigenvalue weighted by atomic mass is 79.9. The van der Waals surface area contributed by atoms with Crippen molar-refractivity contribution in [2.24, 2.45) is 0 Å². The van der Waals surface area contributed by atoms with E-state index in [-0.39, 0.29) is 18.4 Å². The van der Waals surface area contributed by atoms with Crippen molar-refractivity contribution in [3.05, 3.63) is 28.2 Å². The number of carbonyl (C=O) groups excluding carboxylic acids is 2. The van der Waals surface area contributed by atoms with Crippen molar-refractivity contribution >= 4 is 33.4 Å². The second kappa shape index (κ2) is 8.04. The van der Waals surface area contributed by atoms with Crippen molar-refractivity contribution in [2.75, 3.05) is 18.4 Å². The Hall–Kier alpha value is -1.36. The van der Waals surface area contributed by atoms with Crippen LogP contribution in [0.15, 0.2) is 22.7 Å². The molecule has 4 nitrogen and oxygen atoms in total. The highest BCUT2D eigenvalue weighted by Crippen LogP contribution is 2.19. The molecule has 0 aliphatic carbocycles. The Morgan fingerprint density at radius 1 is 1.35 bits per heavy atom. The van der Waals surface area contributed by atoms with Crippen molar-refractivity contribution < 1.29 is 9.59 Å². The predicted octanol–water partition coefficient (Wildman–Crippen LogP) is 3.34. The molecule has 1 aromatic rings. The average molecular weight is 341 g/mol. The van der Waals surface area contributed by atoms with Gasteiger partial charge < -0.3 is 10.2 Å². The van der Waals surface area contributed by atoms with Crippen molar-refractivity contribution in [1.82, 2.24) is 4.90 Å². The summed E-state index contributed by atoms with van der Waals surface area (Å²) in [4.78, 5) is 25.1. The minimum Gasteiger partial charge on any atom is -0.334 e. The van der Waals surface area contributed by atoms with Gasteiger partial charge in [-0.1, -0.05) is 29.3 Å². The van der Waals surface area contributed by atoms with E-state index in [0.717, 1.165) is 28.6 Å². The molecule has 0 heterocycles. The lowest BCUT2D eigenvalue weighted by molar-refractivity contribution is -0.132. The molecule has 2 amide bonds. The van der Waals surface area contributed by atoms with Gasteiger partial charge in [-0.15, -0.1) is 0 Å². The molecule has 0 unspecified atom stereocenters. The van der Waals surface area contributed by atoms with E-state index >= 15 is 0 Å². The number of anilines is 1. The van der Waals surface area contributed by atoms with Crippen LogP contribution < -0.4 is 5.32 Å². The molecule has 0 spiro atoms. The second-order valence-electron chi connectivity index (χ2n) is 4.80. The Morgan fingerprint density at radius 2 is 2.05 bits per heavy atom. The topological polar surface area (TPSA) is 49.4 Å². The molecule has 0 radical (unpaired) electrons. The number of hydrogen-bond donors (Lipinski definition) is 1. The van der Waals surface area contributed by atoms with Crippen LogP contribution in [0.4, 0.5) is 5.69 Å². The fourth-order valence-electron chi connectivity index (χ4n) is 1.83. The summed E-state index contributed by atoms with van der Waals surface area (Å²) in [5.41, 5.74) is 1.76. The second-order valence-corrected chi connectivity index (χ2v) is 5.72. The molecule has 0 aliphatic rings. The monoisotopic (exact) mass is 340 g/mol. The number of unbranched alkanes of at least 4 members (excludes halogenated alkanes) is 1. The number of hydrogen-bond acceptors (Lipinski definition) is 2. The van der Waals surface area contributed by atoms with Crippen LogP contribution in [0.2, 0.25) is 0 Å². The van der Waals surface area contributed by atoms with Crippen LogP contribution in [-0.4, -0.2) is 29.8 Å². The Morgan fingerprint density at radius 3 is 2.60 bits per heavy atom. The van der Waals surface area contributed by atoms with E-state index in [2.05, 4.69) is 28.2 Å². The maximum Gasteiger partial charge on any atom is 0.244 e.